The molecule has 0 aliphatic carbocycles. The molecule has 0 fully saturated rings. The minimum absolute atomic E-state index is 0.0286. The number of nitrogens with zero attached hydrogens (tertiary/aromatic N) is 2. The number of imidazole rings is 1. The molecule has 0 bridgehead atoms. The van der Waals surface area contributed by atoms with Gasteiger partial charge in [-0.3, -0.25) is 0 Å². The van der Waals surface area contributed by atoms with Gasteiger partial charge in [0.1, 0.15) is 0 Å². The Morgan fingerprint density at radius 1 is 1.14 bits per heavy atom. The number of fused-ring (bicyclic) bond motifs is 1. The SMILES string of the molecule is CC(C)CN(Cc1ccc(-c2ccc3[nH]cnc3c2)cc1)OC(=O)C(F)(F)F. The highest BCUT2D eigenvalue weighted by Gasteiger charge is 2.42. The molecule has 1 N–H and O–H groups in total. The highest BCUT2D eigenvalue weighted by molar-refractivity contribution is 5.81. The maximum Gasteiger partial charge on any atom is 0.492 e. The third-order valence-corrected chi connectivity index (χ3v) is 4.08. The van der Waals surface area contributed by atoms with Crippen molar-refractivity contribution in [2.45, 2.75) is 26.6 Å². The van der Waals surface area contributed by atoms with Gasteiger partial charge in [-0.15, -0.1) is 5.06 Å². The topological polar surface area (TPSA) is 58.2 Å². The van der Waals surface area contributed by atoms with E-state index in [0.717, 1.165) is 32.8 Å². The van der Waals surface area contributed by atoms with Crippen LogP contribution in [0, 0.1) is 5.92 Å². The average Bonchev–Trinajstić information content (AvgIpc) is 3.08. The number of aromatic nitrogens is 2. The number of benzene rings is 2. The van der Waals surface area contributed by atoms with Crippen molar-refractivity contribution in [2.24, 2.45) is 5.92 Å². The lowest BCUT2D eigenvalue weighted by Crippen LogP contribution is -2.36. The Morgan fingerprint density at radius 2 is 1.82 bits per heavy atom. The Hall–Kier alpha value is -2.87. The van der Waals surface area contributed by atoms with E-state index in [-0.39, 0.29) is 19.0 Å². The smallest absolute Gasteiger partial charge is 0.360 e. The molecule has 148 valence electrons. The maximum absolute atomic E-state index is 12.5. The van der Waals surface area contributed by atoms with Gasteiger partial charge >= 0.3 is 12.1 Å². The summed E-state index contributed by atoms with van der Waals surface area (Å²) in [5.74, 6) is -2.18. The van der Waals surface area contributed by atoms with Gasteiger partial charge in [-0.1, -0.05) is 44.2 Å². The molecule has 1 heterocycles. The zero-order valence-electron chi connectivity index (χ0n) is 15.5. The highest BCUT2D eigenvalue weighted by Crippen LogP contribution is 2.24. The summed E-state index contributed by atoms with van der Waals surface area (Å²) < 4.78 is 37.5. The van der Waals surface area contributed by atoms with Crippen molar-refractivity contribution < 1.29 is 22.8 Å². The third kappa shape index (κ3) is 4.89. The van der Waals surface area contributed by atoms with Crippen molar-refractivity contribution >= 4 is 17.0 Å². The second-order valence-corrected chi connectivity index (χ2v) is 6.92. The molecule has 1 aromatic heterocycles. The molecule has 0 aliphatic rings. The second-order valence-electron chi connectivity index (χ2n) is 6.92. The number of alkyl halides is 3. The summed E-state index contributed by atoms with van der Waals surface area (Å²) in [6.45, 7) is 3.93. The molecule has 0 amide bonds. The lowest BCUT2D eigenvalue weighted by molar-refractivity contribution is -0.242. The molecule has 3 rings (SSSR count). The number of hydrogen-bond donors (Lipinski definition) is 1. The van der Waals surface area contributed by atoms with Crippen LogP contribution in [0.4, 0.5) is 13.2 Å². The lowest BCUT2D eigenvalue weighted by atomic mass is 10.0. The summed E-state index contributed by atoms with van der Waals surface area (Å²) in [5, 5.41) is 1.05. The van der Waals surface area contributed by atoms with Crippen LogP contribution in [-0.4, -0.2) is 33.7 Å². The van der Waals surface area contributed by atoms with Crippen LogP contribution in [-0.2, 0) is 16.2 Å². The zero-order valence-corrected chi connectivity index (χ0v) is 15.5. The number of hydroxylamine groups is 2. The van der Waals surface area contributed by atoms with Crippen molar-refractivity contribution in [3.05, 3.63) is 54.4 Å². The summed E-state index contributed by atoms with van der Waals surface area (Å²) in [6.07, 6.45) is -3.40. The zero-order chi connectivity index (χ0) is 20.3. The Labute approximate surface area is 160 Å². The van der Waals surface area contributed by atoms with Crippen LogP contribution in [0.3, 0.4) is 0 Å². The molecular weight excluding hydrogens is 371 g/mol. The average molecular weight is 391 g/mol. The maximum atomic E-state index is 12.5. The number of nitrogens with one attached hydrogen (secondary N) is 1. The van der Waals surface area contributed by atoms with Gasteiger partial charge in [0, 0.05) is 6.54 Å². The van der Waals surface area contributed by atoms with E-state index >= 15 is 0 Å². The Kier molecular flexibility index (Phi) is 5.69. The minimum atomic E-state index is -5.02. The molecule has 0 saturated carbocycles. The molecule has 0 atom stereocenters. The first-order chi connectivity index (χ1) is 13.2. The Balaban J connectivity index is 1.73. The summed E-state index contributed by atoms with van der Waals surface area (Å²) >= 11 is 0. The first kappa shape index (κ1) is 19.9. The molecule has 3 aromatic rings. The van der Waals surface area contributed by atoms with Crippen molar-refractivity contribution in [2.75, 3.05) is 6.54 Å². The first-order valence-corrected chi connectivity index (χ1v) is 8.79. The van der Waals surface area contributed by atoms with Gasteiger partial charge in [-0.25, -0.2) is 9.78 Å². The number of rotatable bonds is 6. The fourth-order valence-electron chi connectivity index (χ4n) is 2.83. The number of halogens is 3. The molecular formula is C20H20F3N3O2. The Morgan fingerprint density at radius 3 is 2.46 bits per heavy atom. The summed E-state index contributed by atoms with van der Waals surface area (Å²) in [4.78, 5) is 23.0. The molecule has 0 spiro atoms. The van der Waals surface area contributed by atoms with E-state index in [4.69, 9.17) is 0 Å². The van der Waals surface area contributed by atoms with Crippen molar-refractivity contribution in [1.82, 2.24) is 15.0 Å². The fraction of sp³-hybridized carbons (Fsp3) is 0.300. The van der Waals surface area contributed by atoms with E-state index in [9.17, 15) is 18.0 Å². The standard InChI is InChI=1S/C20H20F3N3O2/c1-13(2)10-26(28-19(27)20(21,22)23)11-14-3-5-15(6-4-14)16-7-8-17-18(9-16)25-12-24-17/h3-9,12-13H,10-11H2,1-2H3,(H,24,25). The number of aromatic amines is 1. The highest BCUT2D eigenvalue weighted by atomic mass is 19.4. The van der Waals surface area contributed by atoms with E-state index in [1.807, 2.05) is 44.2 Å². The minimum Gasteiger partial charge on any atom is -0.360 e. The van der Waals surface area contributed by atoms with Crippen LogP contribution in [0.25, 0.3) is 22.2 Å². The van der Waals surface area contributed by atoms with Gasteiger partial charge < -0.3 is 9.82 Å². The van der Waals surface area contributed by atoms with Gasteiger partial charge in [-0.2, -0.15) is 13.2 Å². The normalized spacial score (nSPS) is 12.1. The lowest BCUT2D eigenvalue weighted by Gasteiger charge is -2.23. The Bertz CT molecular complexity index is 949. The van der Waals surface area contributed by atoms with Crippen LogP contribution in [0.1, 0.15) is 19.4 Å². The van der Waals surface area contributed by atoms with Gasteiger partial charge in [0.2, 0.25) is 0 Å². The molecule has 2 aromatic carbocycles. The quantitative estimate of drug-likeness (QED) is 0.619. The summed E-state index contributed by atoms with van der Waals surface area (Å²) in [7, 11) is 0. The molecule has 5 nitrogen and oxygen atoms in total. The molecule has 8 heteroatoms. The molecule has 0 unspecified atom stereocenters. The van der Waals surface area contributed by atoms with Gasteiger partial charge in [-0.05, 0) is 34.7 Å². The monoisotopic (exact) mass is 391 g/mol. The largest absolute Gasteiger partial charge is 0.492 e. The summed E-state index contributed by atoms with van der Waals surface area (Å²) in [6, 6.07) is 13.2. The van der Waals surface area contributed by atoms with Gasteiger partial charge in [0.05, 0.1) is 23.9 Å². The molecule has 0 saturated heterocycles. The van der Waals surface area contributed by atoms with Crippen LogP contribution in [0.15, 0.2) is 48.8 Å². The first-order valence-electron chi connectivity index (χ1n) is 8.79. The van der Waals surface area contributed by atoms with Crippen LogP contribution >= 0.6 is 0 Å². The number of H-pyrrole nitrogens is 1. The number of carbonyl (C=O) groups is 1. The van der Waals surface area contributed by atoms with Gasteiger partial charge in [0.25, 0.3) is 0 Å². The second kappa shape index (κ2) is 8.02. The third-order valence-electron chi connectivity index (χ3n) is 4.08. The van der Waals surface area contributed by atoms with Crippen molar-refractivity contribution in [3.8, 4) is 11.1 Å². The molecule has 0 radical (unpaired) electrons. The van der Waals surface area contributed by atoms with Crippen LogP contribution < -0.4 is 0 Å². The number of carbonyl (C=O) groups excluding carboxylic acids is 1. The van der Waals surface area contributed by atoms with E-state index in [1.165, 1.54) is 0 Å². The van der Waals surface area contributed by atoms with E-state index in [2.05, 4.69) is 14.8 Å². The molecule has 28 heavy (non-hydrogen) atoms. The van der Waals surface area contributed by atoms with E-state index in [1.54, 1.807) is 18.5 Å². The van der Waals surface area contributed by atoms with Crippen molar-refractivity contribution in [1.29, 1.82) is 0 Å². The predicted molar refractivity (Wildman–Crippen MR) is 98.9 cm³/mol. The van der Waals surface area contributed by atoms with Gasteiger partial charge in [0.15, 0.2) is 0 Å². The predicted octanol–water partition coefficient (Wildman–Crippen LogP) is 4.71. The van der Waals surface area contributed by atoms with E-state index < -0.39 is 12.1 Å². The van der Waals surface area contributed by atoms with Crippen LogP contribution in [0.5, 0.6) is 0 Å². The van der Waals surface area contributed by atoms with E-state index in [0.29, 0.717) is 0 Å². The van der Waals surface area contributed by atoms with Crippen LogP contribution in [0.2, 0.25) is 0 Å². The number of hydrogen-bond acceptors (Lipinski definition) is 4. The van der Waals surface area contributed by atoms with Crippen molar-refractivity contribution in [3.63, 3.8) is 0 Å². The summed E-state index contributed by atoms with van der Waals surface area (Å²) in [5.41, 5.74) is 4.46. The fourth-order valence-corrected chi connectivity index (χ4v) is 2.83. The molecule has 0 aliphatic heterocycles.